The average Bonchev–Trinajstić information content (AvgIpc) is 3.24. The number of allylic oxidation sites excluding steroid dienone is 1. The van der Waals surface area contributed by atoms with E-state index in [9.17, 15) is 10.2 Å². The van der Waals surface area contributed by atoms with Crippen molar-refractivity contribution in [2.24, 2.45) is 28.5 Å². The van der Waals surface area contributed by atoms with Crippen molar-refractivity contribution in [3.8, 4) is 11.3 Å². The molecule has 0 spiro atoms. The molecule has 0 saturated heterocycles. The Labute approximate surface area is 220 Å². The van der Waals surface area contributed by atoms with E-state index in [1.807, 2.05) is 13.1 Å². The fourth-order valence-electron chi connectivity index (χ4n) is 5.55. The number of benzene rings is 1. The molecule has 5 rings (SSSR count). The number of hydrogen-bond acceptors (Lipinski definition) is 7. The minimum Gasteiger partial charge on any atom is -0.388 e. The van der Waals surface area contributed by atoms with Gasteiger partial charge in [-0.2, -0.15) is 9.61 Å². The first-order valence-corrected chi connectivity index (χ1v) is 12.9. The molecular weight excluding hydrogens is 490 g/mol. The third-order valence-electron chi connectivity index (χ3n) is 8.25. The molecule has 10 heteroatoms. The van der Waals surface area contributed by atoms with Gasteiger partial charge in [0.05, 0.1) is 34.2 Å². The van der Waals surface area contributed by atoms with Crippen LogP contribution >= 0.6 is 0 Å². The van der Waals surface area contributed by atoms with Crippen molar-refractivity contribution in [1.29, 1.82) is 0 Å². The summed E-state index contributed by atoms with van der Waals surface area (Å²) in [6.07, 6.45) is 7.48. The predicted molar refractivity (Wildman–Crippen MR) is 142 cm³/mol. The van der Waals surface area contributed by atoms with Crippen LogP contribution in [0.15, 0.2) is 47.4 Å². The van der Waals surface area contributed by atoms with Crippen molar-refractivity contribution in [3.63, 3.8) is 0 Å². The smallest absolute Gasteiger partial charge is 0.228 e. The molecule has 8 nitrogen and oxygen atoms in total. The molecule has 1 saturated carbocycles. The van der Waals surface area contributed by atoms with E-state index in [2.05, 4.69) is 20.4 Å². The number of aliphatic imine (C=N–C) groups is 1. The number of rotatable bonds is 5. The van der Waals surface area contributed by atoms with Crippen LogP contribution in [0.2, 0.25) is 0 Å². The average molecular weight is 525 g/mol. The van der Waals surface area contributed by atoms with E-state index in [1.54, 1.807) is 25.4 Å². The molecule has 202 valence electrons. The Kier molecular flexibility index (Phi) is 6.61. The number of aromatic nitrogens is 3. The second kappa shape index (κ2) is 9.52. The maximum Gasteiger partial charge on any atom is 0.228 e. The van der Waals surface area contributed by atoms with E-state index >= 15 is 8.78 Å². The van der Waals surface area contributed by atoms with Crippen LogP contribution in [0.1, 0.15) is 52.5 Å². The number of imidazole rings is 1. The van der Waals surface area contributed by atoms with Gasteiger partial charge in [0.2, 0.25) is 5.95 Å². The quantitative estimate of drug-likeness (QED) is 0.393. The van der Waals surface area contributed by atoms with Crippen molar-refractivity contribution in [2.75, 3.05) is 5.32 Å². The molecule has 0 radical (unpaired) electrons. The van der Waals surface area contributed by atoms with Gasteiger partial charge in [-0.1, -0.05) is 6.92 Å². The van der Waals surface area contributed by atoms with Crippen LogP contribution in [-0.4, -0.2) is 42.7 Å². The first-order chi connectivity index (χ1) is 17.9. The van der Waals surface area contributed by atoms with Crippen molar-refractivity contribution in [3.05, 3.63) is 59.6 Å². The monoisotopic (exact) mass is 524 g/mol. The molecule has 0 bridgehead atoms. The molecule has 2 aromatic heterocycles. The van der Waals surface area contributed by atoms with Crippen molar-refractivity contribution >= 4 is 17.7 Å². The molecule has 1 aliphatic heterocycles. The molecule has 1 fully saturated rings. The van der Waals surface area contributed by atoms with Gasteiger partial charge >= 0.3 is 0 Å². The largest absolute Gasteiger partial charge is 0.388 e. The SMILES string of the molecule is CC1CC(C2CC=NC=C2Nc2ncc3ccc(-c4c(F)cc(C(C)(C)O)cc4F)nn23)CC(N)C1(C)O. The van der Waals surface area contributed by atoms with Crippen LogP contribution in [0.25, 0.3) is 16.8 Å². The molecule has 1 aromatic carbocycles. The minimum absolute atomic E-state index is 0.0421. The first-order valence-electron chi connectivity index (χ1n) is 12.9. The maximum atomic E-state index is 15.0. The molecular formula is C28H34F2N6O2. The zero-order chi connectivity index (χ0) is 27.4. The highest BCUT2D eigenvalue weighted by atomic mass is 19.1. The lowest BCUT2D eigenvalue weighted by molar-refractivity contribution is -0.0610. The van der Waals surface area contributed by atoms with Crippen LogP contribution < -0.4 is 11.1 Å². The lowest BCUT2D eigenvalue weighted by Gasteiger charge is -2.46. The molecule has 2 aliphatic rings. The van der Waals surface area contributed by atoms with Crippen molar-refractivity contribution in [1.82, 2.24) is 14.6 Å². The fourth-order valence-corrected chi connectivity index (χ4v) is 5.55. The summed E-state index contributed by atoms with van der Waals surface area (Å²) >= 11 is 0. The van der Waals surface area contributed by atoms with Crippen LogP contribution in [0.4, 0.5) is 14.7 Å². The molecule has 3 heterocycles. The molecule has 5 N–H and O–H groups in total. The van der Waals surface area contributed by atoms with Gasteiger partial charge < -0.3 is 21.3 Å². The van der Waals surface area contributed by atoms with E-state index in [1.165, 1.54) is 24.4 Å². The van der Waals surface area contributed by atoms with Crippen LogP contribution in [0.5, 0.6) is 0 Å². The van der Waals surface area contributed by atoms with Gasteiger partial charge in [0.15, 0.2) is 0 Å². The third kappa shape index (κ3) is 4.72. The van der Waals surface area contributed by atoms with Gasteiger partial charge in [-0.15, -0.1) is 0 Å². The highest BCUT2D eigenvalue weighted by Crippen LogP contribution is 2.43. The van der Waals surface area contributed by atoms with Gasteiger partial charge in [-0.3, -0.25) is 4.99 Å². The normalized spacial score (nSPS) is 28.0. The summed E-state index contributed by atoms with van der Waals surface area (Å²) in [7, 11) is 0. The predicted octanol–water partition coefficient (Wildman–Crippen LogP) is 4.37. The number of halogens is 2. The Balaban J connectivity index is 1.46. The fraction of sp³-hybridized carbons (Fsp3) is 0.464. The number of nitrogens with one attached hydrogen (secondary N) is 1. The molecule has 5 unspecified atom stereocenters. The van der Waals surface area contributed by atoms with Crippen LogP contribution in [0.3, 0.4) is 0 Å². The van der Waals surface area contributed by atoms with Gasteiger partial charge in [-0.25, -0.2) is 13.8 Å². The minimum atomic E-state index is -1.39. The molecule has 1 aliphatic carbocycles. The lowest BCUT2D eigenvalue weighted by Crippen LogP contribution is -2.55. The number of nitrogens with zero attached hydrogens (tertiary/aromatic N) is 4. The summed E-state index contributed by atoms with van der Waals surface area (Å²) in [6.45, 7) is 6.77. The first kappa shape index (κ1) is 26.4. The van der Waals surface area contributed by atoms with E-state index < -0.39 is 22.8 Å². The number of fused-ring (bicyclic) bond motifs is 1. The summed E-state index contributed by atoms with van der Waals surface area (Å²) in [4.78, 5) is 8.80. The maximum absolute atomic E-state index is 15.0. The molecule has 5 atom stereocenters. The Morgan fingerprint density at radius 1 is 1.18 bits per heavy atom. The number of aliphatic hydroxyl groups is 2. The highest BCUT2D eigenvalue weighted by Gasteiger charge is 2.44. The number of nitrogens with two attached hydrogens (primary N) is 1. The van der Waals surface area contributed by atoms with Crippen molar-refractivity contribution in [2.45, 2.75) is 64.2 Å². The lowest BCUT2D eigenvalue weighted by atomic mass is 9.65. The summed E-state index contributed by atoms with van der Waals surface area (Å²) in [5.74, 6) is -0.863. The van der Waals surface area contributed by atoms with Gasteiger partial charge in [-0.05, 0) is 81.7 Å². The van der Waals surface area contributed by atoms with Gasteiger partial charge in [0.1, 0.15) is 11.6 Å². The highest BCUT2D eigenvalue weighted by molar-refractivity contribution is 5.65. The zero-order valence-corrected chi connectivity index (χ0v) is 22.0. The van der Waals surface area contributed by atoms with E-state index in [0.29, 0.717) is 17.9 Å². The molecule has 38 heavy (non-hydrogen) atoms. The van der Waals surface area contributed by atoms with Gasteiger partial charge in [0, 0.05) is 30.1 Å². The Morgan fingerprint density at radius 3 is 2.55 bits per heavy atom. The van der Waals surface area contributed by atoms with Crippen molar-refractivity contribution < 1.29 is 19.0 Å². The topological polar surface area (TPSA) is 121 Å². The van der Waals surface area contributed by atoms with Crippen LogP contribution in [-0.2, 0) is 5.60 Å². The molecule has 0 amide bonds. The van der Waals surface area contributed by atoms with Gasteiger partial charge in [0.25, 0.3) is 0 Å². The number of anilines is 1. The van der Waals surface area contributed by atoms with E-state index in [-0.39, 0.29) is 40.6 Å². The Morgan fingerprint density at radius 2 is 1.89 bits per heavy atom. The number of hydrogen-bond donors (Lipinski definition) is 4. The summed E-state index contributed by atoms with van der Waals surface area (Å²) in [6, 6.07) is 5.15. The summed E-state index contributed by atoms with van der Waals surface area (Å²) < 4.78 is 31.5. The zero-order valence-electron chi connectivity index (χ0n) is 22.0. The Hall–Kier alpha value is -3.21. The Bertz CT molecular complexity index is 1390. The second-order valence-corrected chi connectivity index (χ2v) is 11.4. The standard InChI is InChI=1S/C28H34F2N6O2/c1-15-9-16(10-24(31)28(15,4)38)19-7-8-32-14-23(19)34-26-33-13-18-5-6-22(35-36(18)26)25-20(29)11-17(12-21(25)30)27(2,3)37/h5-6,8,11-16,19,24,37-38H,7,9-10,31H2,1-4H3,(H,33,34). The summed E-state index contributed by atoms with van der Waals surface area (Å²) in [5, 5.41) is 28.8. The summed E-state index contributed by atoms with van der Waals surface area (Å²) in [5.41, 5.74) is 5.51. The second-order valence-electron chi connectivity index (χ2n) is 11.4. The van der Waals surface area contributed by atoms with Crippen LogP contribution in [0, 0.1) is 29.4 Å². The van der Waals surface area contributed by atoms with E-state index in [4.69, 9.17) is 5.73 Å². The van der Waals surface area contributed by atoms with E-state index in [0.717, 1.165) is 30.7 Å². The third-order valence-corrected chi connectivity index (χ3v) is 8.25. The molecule has 3 aromatic rings.